The highest BCUT2D eigenvalue weighted by atomic mass is 16.7. The molecule has 0 fully saturated rings. The molecule has 1 aromatic carbocycles. The average molecular weight is 343 g/mol. The molecule has 1 heterocycles. The third-order valence-corrected chi connectivity index (χ3v) is 3.59. The van der Waals surface area contributed by atoms with Gasteiger partial charge in [0.15, 0.2) is 0 Å². The van der Waals surface area contributed by atoms with E-state index in [1.54, 1.807) is 40.2 Å². The Bertz CT molecular complexity index is 764. The van der Waals surface area contributed by atoms with Crippen LogP contribution >= 0.6 is 0 Å². The topological polar surface area (TPSA) is 94.4 Å². The van der Waals surface area contributed by atoms with E-state index in [1.807, 2.05) is 19.1 Å². The van der Waals surface area contributed by atoms with E-state index in [-0.39, 0.29) is 5.78 Å². The molecular formula is C18H24BN2O4. The quantitative estimate of drug-likeness (QED) is 0.477. The standard InChI is InChI=1S/C18H24BN2O4/c1-18(2,3)25-17(23)24-12-5-6-15-13(8-12)11(10-21-15)7-14(20)16(22)9-19-4/h5-6,8,10,14,21H,7,9,20H2,1-4H3/t14-/m0/s1. The Morgan fingerprint density at radius 1 is 1.32 bits per heavy atom. The van der Waals surface area contributed by atoms with Gasteiger partial charge in [-0.15, -0.1) is 0 Å². The molecule has 0 saturated carbocycles. The highest BCUT2D eigenvalue weighted by Crippen LogP contribution is 2.25. The highest BCUT2D eigenvalue weighted by molar-refractivity contribution is 6.40. The summed E-state index contributed by atoms with van der Waals surface area (Å²) < 4.78 is 10.4. The molecule has 7 heteroatoms. The van der Waals surface area contributed by atoms with Gasteiger partial charge in [0.2, 0.25) is 0 Å². The Morgan fingerprint density at radius 3 is 2.68 bits per heavy atom. The fourth-order valence-electron chi connectivity index (χ4n) is 2.46. The molecule has 1 radical (unpaired) electrons. The summed E-state index contributed by atoms with van der Waals surface area (Å²) >= 11 is 0. The number of H-pyrrole nitrogens is 1. The van der Waals surface area contributed by atoms with Gasteiger partial charge in [0.05, 0.1) is 6.04 Å². The van der Waals surface area contributed by atoms with Crippen LogP contribution in [0.3, 0.4) is 0 Å². The first-order valence-electron chi connectivity index (χ1n) is 8.26. The van der Waals surface area contributed by atoms with Crippen molar-refractivity contribution in [2.75, 3.05) is 0 Å². The number of benzene rings is 1. The molecular weight excluding hydrogens is 319 g/mol. The lowest BCUT2D eigenvalue weighted by Crippen LogP contribution is -2.32. The third-order valence-electron chi connectivity index (χ3n) is 3.59. The number of rotatable bonds is 6. The number of ketones is 1. The van der Waals surface area contributed by atoms with Gasteiger partial charge in [-0.05, 0) is 57.3 Å². The minimum absolute atomic E-state index is 0.00184. The first kappa shape index (κ1) is 19.1. The Kier molecular flexibility index (Phi) is 5.90. The predicted octanol–water partition coefficient (Wildman–Crippen LogP) is 3.09. The summed E-state index contributed by atoms with van der Waals surface area (Å²) in [4.78, 5) is 26.8. The van der Waals surface area contributed by atoms with E-state index in [1.165, 1.54) is 0 Å². The Labute approximate surface area is 148 Å². The molecule has 1 aromatic heterocycles. The fourth-order valence-corrected chi connectivity index (χ4v) is 2.46. The van der Waals surface area contributed by atoms with E-state index in [0.717, 1.165) is 16.5 Å². The first-order chi connectivity index (χ1) is 11.7. The van der Waals surface area contributed by atoms with Crippen molar-refractivity contribution < 1.29 is 19.1 Å². The van der Waals surface area contributed by atoms with E-state index in [4.69, 9.17) is 15.2 Å². The summed E-state index contributed by atoms with van der Waals surface area (Å²) in [7, 11) is 1.80. The normalized spacial score (nSPS) is 12.7. The number of carbonyl (C=O) groups is 2. The number of fused-ring (bicyclic) bond motifs is 1. The van der Waals surface area contributed by atoms with Crippen molar-refractivity contribution in [3.05, 3.63) is 30.0 Å². The van der Waals surface area contributed by atoms with Crippen molar-refractivity contribution in [3.8, 4) is 5.75 Å². The number of carbonyl (C=O) groups excluding carboxylic acids is 2. The van der Waals surface area contributed by atoms with Crippen LogP contribution in [-0.4, -0.2) is 35.8 Å². The van der Waals surface area contributed by atoms with Gasteiger partial charge >= 0.3 is 6.16 Å². The van der Waals surface area contributed by atoms with Gasteiger partial charge in [-0.2, -0.15) is 0 Å². The molecule has 0 spiro atoms. The number of ether oxygens (including phenoxy) is 2. The number of nitrogens with one attached hydrogen (secondary N) is 1. The Morgan fingerprint density at radius 2 is 2.04 bits per heavy atom. The highest BCUT2D eigenvalue weighted by Gasteiger charge is 2.19. The third kappa shape index (κ3) is 5.36. The van der Waals surface area contributed by atoms with E-state index in [0.29, 0.717) is 18.5 Å². The van der Waals surface area contributed by atoms with Gasteiger partial charge in [-0.1, -0.05) is 6.82 Å². The van der Waals surface area contributed by atoms with E-state index >= 15 is 0 Å². The Hall–Kier alpha value is -2.28. The first-order valence-corrected chi connectivity index (χ1v) is 8.26. The van der Waals surface area contributed by atoms with Gasteiger partial charge in [-0.3, -0.25) is 4.79 Å². The van der Waals surface area contributed by atoms with Gasteiger partial charge in [0.1, 0.15) is 24.4 Å². The second kappa shape index (κ2) is 7.74. The van der Waals surface area contributed by atoms with Crippen LogP contribution in [0.25, 0.3) is 10.9 Å². The maximum Gasteiger partial charge on any atom is 0.514 e. The second-order valence-electron chi connectivity index (χ2n) is 6.98. The molecule has 1 atom stereocenters. The van der Waals surface area contributed by atoms with E-state index < -0.39 is 17.8 Å². The lowest BCUT2D eigenvalue weighted by Gasteiger charge is -2.18. The molecule has 6 nitrogen and oxygen atoms in total. The molecule has 2 aromatic rings. The van der Waals surface area contributed by atoms with Crippen molar-refractivity contribution in [2.45, 2.75) is 52.0 Å². The molecule has 3 N–H and O–H groups in total. The van der Waals surface area contributed by atoms with Crippen LogP contribution < -0.4 is 10.5 Å². The molecule has 0 aliphatic rings. The maximum atomic E-state index is 11.9. The van der Waals surface area contributed by atoms with Crippen LogP contribution in [0.2, 0.25) is 13.1 Å². The molecule has 0 amide bonds. The van der Waals surface area contributed by atoms with Crippen LogP contribution in [0.1, 0.15) is 26.3 Å². The van der Waals surface area contributed by atoms with Crippen molar-refractivity contribution in [1.29, 1.82) is 0 Å². The Balaban J connectivity index is 2.16. The minimum atomic E-state index is -0.755. The number of hydrogen-bond acceptors (Lipinski definition) is 5. The number of nitrogens with two attached hydrogens (primary N) is 1. The maximum absolute atomic E-state index is 11.9. The summed E-state index contributed by atoms with van der Waals surface area (Å²) in [6.07, 6.45) is 1.85. The fraction of sp³-hybridized carbons (Fsp3) is 0.444. The zero-order valence-corrected chi connectivity index (χ0v) is 15.1. The number of hydrogen-bond donors (Lipinski definition) is 2. The zero-order valence-electron chi connectivity index (χ0n) is 15.1. The molecule has 133 valence electrons. The van der Waals surface area contributed by atoms with Crippen molar-refractivity contribution in [2.24, 2.45) is 5.73 Å². The molecule has 25 heavy (non-hydrogen) atoms. The van der Waals surface area contributed by atoms with Gasteiger partial charge in [0, 0.05) is 17.1 Å². The van der Waals surface area contributed by atoms with E-state index in [2.05, 4.69) is 4.98 Å². The summed E-state index contributed by atoms with van der Waals surface area (Å²) in [5.74, 6) is 0.377. The second-order valence-corrected chi connectivity index (χ2v) is 6.98. The molecule has 0 aliphatic heterocycles. The minimum Gasteiger partial charge on any atom is -0.428 e. The van der Waals surface area contributed by atoms with Crippen LogP contribution in [0.15, 0.2) is 24.4 Å². The number of Topliss-reactive ketones (excluding diaryl/α,β-unsaturated/α-hetero) is 1. The summed E-state index contributed by atoms with van der Waals surface area (Å²) in [6, 6.07) is 4.68. The molecule has 0 bridgehead atoms. The van der Waals surface area contributed by atoms with Crippen LogP contribution in [0, 0.1) is 0 Å². The average Bonchev–Trinajstić information content (AvgIpc) is 2.88. The molecule has 0 aliphatic carbocycles. The zero-order chi connectivity index (χ0) is 18.6. The monoisotopic (exact) mass is 343 g/mol. The molecule has 0 saturated heterocycles. The van der Waals surface area contributed by atoms with Crippen molar-refractivity contribution in [3.63, 3.8) is 0 Å². The molecule has 2 rings (SSSR count). The van der Waals surface area contributed by atoms with Crippen LogP contribution in [-0.2, 0) is 16.0 Å². The number of aromatic amines is 1. The van der Waals surface area contributed by atoms with Crippen LogP contribution in [0.4, 0.5) is 4.79 Å². The number of aromatic nitrogens is 1. The SMILES string of the molecule is C[B]CC(=O)[C@@H](N)Cc1c[nH]c2ccc(OC(=O)OC(C)(C)C)cc12. The summed E-state index contributed by atoms with van der Waals surface area (Å²) in [5.41, 5.74) is 7.15. The van der Waals surface area contributed by atoms with Crippen molar-refractivity contribution >= 4 is 30.1 Å². The summed E-state index contributed by atoms with van der Waals surface area (Å²) in [5, 5.41) is 0.866. The van der Waals surface area contributed by atoms with Gasteiger partial charge < -0.3 is 20.2 Å². The lowest BCUT2D eigenvalue weighted by atomic mass is 9.74. The molecule has 0 unspecified atom stereocenters. The van der Waals surface area contributed by atoms with Gasteiger partial charge in [-0.25, -0.2) is 4.79 Å². The van der Waals surface area contributed by atoms with Crippen LogP contribution in [0.5, 0.6) is 5.75 Å². The van der Waals surface area contributed by atoms with Crippen molar-refractivity contribution in [1.82, 2.24) is 4.98 Å². The largest absolute Gasteiger partial charge is 0.514 e. The van der Waals surface area contributed by atoms with Gasteiger partial charge in [0.25, 0.3) is 0 Å². The predicted molar refractivity (Wildman–Crippen MR) is 98.3 cm³/mol. The lowest BCUT2D eigenvalue weighted by molar-refractivity contribution is -0.118. The van der Waals surface area contributed by atoms with E-state index in [9.17, 15) is 9.59 Å². The smallest absolute Gasteiger partial charge is 0.428 e. The summed E-state index contributed by atoms with van der Waals surface area (Å²) in [6.45, 7) is 7.14.